The van der Waals surface area contributed by atoms with Crippen LogP contribution in [0.1, 0.15) is 58.9 Å². The first-order valence-corrected chi connectivity index (χ1v) is 12.2. The number of nitrogens with one attached hydrogen (secondary N) is 1. The summed E-state index contributed by atoms with van der Waals surface area (Å²) in [5.41, 5.74) is 1.60. The third-order valence-electron chi connectivity index (χ3n) is 8.60. The van der Waals surface area contributed by atoms with Crippen molar-refractivity contribution in [2.24, 2.45) is 5.92 Å². The van der Waals surface area contributed by atoms with Gasteiger partial charge >= 0.3 is 5.97 Å². The normalized spacial score (nSPS) is 28.7. The van der Waals surface area contributed by atoms with Crippen molar-refractivity contribution < 1.29 is 19.4 Å². The monoisotopic (exact) mass is 466 g/mol. The Labute approximate surface area is 200 Å². The number of H-pyrrole nitrogens is 1. The Morgan fingerprint density at radius 2 is 2.00 bits per heavy atom. The number of rotatable bonds is 5. The summed E-state index contributed by atoms with van der Waals surface area (Å²) in [6.07, 6.45) is 4.13. The number of esters is 1. The average Bonchev–Trinajstić information content (AvgIpc) is 3.64. The van der Waals surface area contributed by atoms with Crippen molar-refractivity contribution in [1.82, 2.24) is 9.88 Å². The zero-order valence-electron chi connectivity index (χ0n) is 20.4. The van der Waals surface area contributed by atoms with Gasteiger partial charge in [0.15, 0.2) is 0 Å². The number of methoxy groups -OCH3 is 2. The van der Waals surface area contributed by atoms with Gasteiger partial charge in [-0.15, -0.1) is 0 Å². The van der Waals surface area contributed by atoms with Gasteiger partial charge in [0.2, 0.25) is 0 Å². The molecule has 1 aromatic carbocycles. The fourth-order valence-electron chi connectivity index (χ4n) is 6.37. The number of hydrogen-bond donors (Lipinski definition) is 2. The van der Waals surface area contributed by atoms with Gasteiger partial charge in [-0.3, -0.25) is 9.69 Å². The highest BCUT2D eigenvalue weighted by Crippen LogP contribution is 2.54. The topological polar surface area (TPSA) is 91.9 Å². The first-order chi connectivity index (χ1) is 16.2. The quantitative estimate of drug-likeness (QED) is 0.659. The number of carbonyl (C=O) groups is 1. The number of carbonyl (C=O) groups excluding carboxylic acids is 1. The molecule has 2 fully saturated rings. The standard InChI is InChI=1S/C27H34N2O5/c1-16-5-8-20(33-3)12-22(16)26-9-10-29(15-18-6-7-18)17(2)27(26,32)13-19-11-21(25(31)34-4)24(30)28-23(19)14-26/h5,8,11-12,17-18,32H,6-7,9-10,13-15H2,1-4H3,(H,28,30)/t17-,26-,27-/m1/s1. The van der Waals surface area contributed by atoms with Crippen LogP contribution in [0, 0.1) is 12.8 Å². The molecule has 182 valence electrons. The molecule has 7 nitrogen and oxygen atoms in total. The number of fused-ring (bicyclic) bond motifs is 2. The lowest BCUT2D eigenvalue weighted by Crippen LogP contribution is -2.71. The molecular formula is C27H34N2O5. The number of nitrogens with zero attached hydrogens (tertiary/aromatic N) is 1. The summed E-state index contributed by atoms with van der Waals surface area (Å²) in [5.74, 6) is 0.810. The molecule has 1 saturated carbocycles. The van der Waals surface area contributed by atoms with Crippen molar-refractivity contribution >= 4 is 5.97 Å². The molecule has 1 aromatic heterocycles. The number of piperidine rings is 1. The second-order valence-corrected chi connectivity index (χ2v) is 10.4. The van der Waals surface area contributed by atoms with E-state index in [-0.39, 0.29) is 11.6 Å². The average molecular weight is 467 g/mol. The van der Waals surface area contributed by atoms with Gasteiger partial charge in [0, 0.05) is 36.5 Å². The van der Waals surface area contributed by atoms with Crippen molar-refractivity contribution in [3.8, 4) is 5.75 Å². The number of aromatic amines is 1. The molecule has 0 radical (unpaired) electrons. The van der Waals surface area contributed by atoms with E-state index in [1.807, 2.05) is 12.1 Å². The summed E-state index contributed by atoms with van der Waals surface area (Å²) >= 11 is 0. The van der Waals surface area contributed by atoms with Crippen molar-refractivity contribution in [2.75, 3.05) is 27.3 Å². The lowest BCUT2D eigenvalue weighted by Gasteiger charge is -2.60. The summed E-state index contributed by atoms with van der Waals surface area (Å²) in [5, 5.41) is 12.7. The van der Waals surface area contributed by atoms with Gasteiger partial charge in [0.05, 0.1) is 19.8 Å². The summed E-state index contributed by atoms with van der Waals surface area (Å²) in [7, 11) is 2.92. The molecule has 0 amide bonds. The number of aliphatic hydroxyl groups is 1. The first-order valence-electron chi connectivity index (χ1n) is 12.2. The minimum Gasteiger partial charge on any atom is -0.497 e. The van der Waals surface area contributed by atoms with Crippen LogP contribution in [0.3, 0.4) is 0 Å². The van der Waals surface area contributed by atoms with Crippen molar-refractivity contribution in [3.05, 3.63) is 62.6 Å². The molecule has 0 spiro atoms. The first kappa shape index (κ1) is 23.1. The van der Waals surface area contributed by atoms with Gasteiger partial charge in [0.1, 0.15) is 11.3 Å². The fraction of sp³-hybridized carbons (Fsp3) is 0.556. The Morgan fingerprint density at radius 1 is 1.24 bits per heavy atom. The van der Waals surface area contributed by atoms with E-state index in [2.05, 4.69) is 29.8 Å². The minimum atomic E-state index is -1.09. The highest BCUT2D eigenvalue weighted by Gasteiger charge is 2.61. The zero-order valence-corrected chi connectivity index (χ0v) is 20.4. The summed E-state index contributed by atoms with van der Waals surface area (Å²) in [6, 6.07) is 7.57. The lowest BCUT2D eigenvalue weighted by atomic mass is 9.53. The van der Waals surface area contributed by atoms with Crippen LogP contribution in [0.15, 0.2) is 29.1 Å². The molecule has 0 unspecified atom stereocenters. The Bertz CT molecular complexity index is 1190. The highest BCUT2D eigenvalue weighted by atomic mass is 16.5. The van der Waals surface area contributed by atoms with Gasteiger partial charge in [-0.1, -0.05) is 6.07 Å². The predicted octanol–water partition coefficient (Wildman–Crippen LogP) is 2.75. The van der Waals surface area contributed by atoms with Gasteiger partial charge in [-0.25, -0.2) is 4.79 Å². The molecule has 3 aliphatic rings. The molecule has 5 rings (SSSR count). The largest absolute Gasteiger partial charge is 0.497 e. The van der Waals surface area contributed by atoms with E-state index >= 15 is 0 Å². The van der Waals surface area contributed by atoms with Crippen LogP contribution in [0.5, 0.6) is 5.75 Å². The highest BCUT2D eigenvalue weighted by molar-refractivity contribution is 5.89. The van der Waals surface area contributed by atoms with Crippen molar-refractivity contribution in [1.29, 1.82) is 0 Å². The Hall–Kier alpha value is -2.64. The van der Waals surface area contributed by atoms with Crippen LogP contribution in [0.4, 0.5) is 0 Å². The fourth-order valence-corrected chi connectivity index (χ4v) is 6.37. The molecule has 1 saturated heterocycles. The smallest absolute Gasteiger partial charge is 0.343 e. The number of aryl methyl sites for hydroxylation is 1. The van der Waals surface area contributed by atoms with Gasteiger partial charge in [-0.2, -0.15) is 0 Å². The van der Waals surface area contributed by atoms with Crippen molar-refractivity contribution in [2.45, 2.75) is 63.0 Å². The van der Waals surface area contributed by atoms with Crippen LogP contribution in [0.2, 0.25) is 0 Å². The molecule has 1 aliphatic heterocycles. The SMILES string of the molecule is COC(=O)c1cc2c([nH]c1=O)C[C@@]1(c3cc(OC)ccc3C)CCN(CC3CC3)[C@H](C)[C@]1(O)C2. The molecule has 7 heteroatoms. The molecule has 2 aliphatic carbocycles. The van der Waals surface area contributed by atoms with Gasteiger partial charge < -0.3 is 19.6 Å². The summed E-state index contributed by atoms with van der Waals surface area (Å²) < 4.78 is 10.4. The van der Waals surface area contributed by atoms with Crippen molar-refractivity contribution in [3.63, 3.8) is 0 Å². The minimum absolute atomic E-state index is 0.0202. The third-order valence-corrected chi connectivity index (χ3v) is 8.60. The van der Waals surface area contributed by atoms with E-state index in [0.717, 1.165) is 53.6 Å². The van der Waals surface area contributed by atoms with E-state index in [4.69, 9.17) is 9.47 Å². The molecule has 2 N–H and O–H groups in total. The number of ether oxygens (including phenoxy) is 2. The van der Waals surface area contributed by atoms with Crippen LogP contribution in [-0.2, 0) is 23.0 Å². The number of benzene rings is 1. The molecule has 2 aromatic rings. The molecule has 2 heterocycles. The maximum Gasteiger partial charge on any atom is 0.343 e. The second kappa shape index (κ2) is 8.24. The van der Waals surface area contributed by atoms with E-state index < -0.39 is 22.5 Å². The molecule has 3 atom stereocenters. The van der Waals surface area contributed by atoms with Gasteiger partial charge in [-0.05, 0) is 80.5 Å². The molecular weight excluding hydrogens is 432 g/mol. The van der Waals surface area contributed by atoms with E-state index in [0.29, 0.717) is 12.8 Å². The second-order valence-electron chi connectivity index (χ2n) is 10.4. The lowest BCUT2D eigenvalue weighted by molar-refractivity contribution is -0.139. The predicted molar refractivity (Wildman–Crippen MR) is 129 cm³/mol. The van der Waals surface area contributed by atoms with Crippen LogP contribution >= 0.6 is 0 Å². The van der Waals surface area contributed by atoms with E-state index in [9.17, 15) is 14.7 Å². The van der Waals surface area contributed by atoms with E-state index in [1.165, 1.54) is 20.0 Å². The van der Waals surface area contributed by atoms with Gasteiger partial charge in [0.25, 0.3) is 5.56 Å². The van der Waals surface area contributed by atoms with Crippen LogP contribution < -0.4 is 10.3 Å². The Balaban J connectivity index is 1.68. The number of aromatic nitrogens is 1. The maximum atomic E-state index is 12.7. The molecule has 0 bridgehead atoms. The van der Waals surface area contributed by atoms with Crippen LogP contribution in [-0.4, -0.2) is 59.9 Å². The number of pyridine rings is 1. The Morgan fingerprint density at radius 3 is 2.68 bits per heavy atom. The zero-order chi connectivity index (χ0) is 24.3. The molecule has 34 heavy (non-hydrogen) atoms. The van der Waals surface area contributed by atoms with E-state index in [1.54, 1.807) is 13.2 Å². The van der Waals surface area contributed by atoms with Crippen LogP contribution in [0.25, 0.3) is 0 Å². The Kier molecular flexibility index (Phi) is 5.60. The maximum absolute atomic E-state index is 12.7. The number of hydrogen-bond acceptors (Lipinski definition) is 6. The number of likely N-dealkylation sites (tertiary alicyclic amines) is 1. The summed E-state index contributed by atoms with van der Waals surface area (Å²) in [4.78, 5) is 30.3. The summed E-state index contributed by atoms with van der Waals surface area (Å²) in [6.45, 7) is 6.09. The third kappa shape index (κ3) is 3.48.